The Kier molecular flexibility index (Phi) is 18.3. The van der Waals surface area contributed by atoms with Crippen LogP contribution in [0.2, 0.25) is 10.0 Å². The van der Waals surface area contributed by atoms with Gasteiger partial charge in [-0.05, 0) is 171 Å². The molecule has 16 heteroatoms. The average molecular weight is 1160 g/mol. The van der Waals surface area contributed by atoms with Gasteiger partial charge in [-0.1, -0.05) is 91.3 Å². The predicted molar refractivity (Wildman–Crippen MR) is 328 cm³/mol. The van der Waals surface area contributed by atoms with E-state index in [-0.39, 0.29) is 49.2 Å². The minimum absolute atomic E-state index is 0.0105. The standard InChI is InChI=1S/C67H76Cl2N8O6/c1-43(2)83-60-39-54(82-3)25-26-56(60)66-73-63(47-16-21-51(68)22-17-47)64(48-18-23-52(69)24-19-48)77(66)67(81)76-36-35-74(62(80)41-76)33-6-8-45-14-12-44(13-15-45)7-4-11-61(79)71-53-10-5-9-49(37-53)50-20-27-58-57(38-50)65-55(59(42-78)72-58)30-34-75(65)40-46-28-31-70-32-29-46/h5,9-10,16-29,31-32,37-39,43-45,55,59,63-65,72,78H,4,6-8,11-15,30,33-36,40-42H2,1-3H3,(H,71,79)/t44?,45?,55-,59-,63-,64+,65-/m1/s1. The smallest absolute Gasteiger partial charge is 0.326 e. The highest BCUT2D eigenvalue weighted by molar-refractivity contribution is 6.30. The molecule has 14 nitrogen and oxygen atoms in total. The maximum atomic E-state index is 15.2. The van der Waals surface area contributed by atoms with Crippen molar-refractivity contribution in [3.8, 4) is 22.6 Å². The first-order valence-electron chi connectivity index (χ1n) is 29.7. The molecule has 0 bridgehead atoms. The van der Waals surface area contributed by atoms with Gasteiger partial charge in [0.25, 0.3) is 0 Å². The number of amides is 4. The molecule has 3 fully saturated rings. The zero-order valence-corrected chi connectivity index (χ0v) is 49.3. The van der Waals surface area contributed by atoms with Crippen LogP contribution in [0.15, 0.2) is 139 Å². The number of aromatic nitrogens is 1. The molecule has 434 valence electrons. The van der Waals surface area contributed by atoms with Gasteiger partial charge in [0.2, 0.25) is 11.8 Å². The Morgan fingerprint density at radius 2 is 1.49 bits per heavy atom. The molecule has 11 rings (SSSR count). The number of nitrogens with zero attached hydrogens (tertiary/aromatic N) is 6. The summed E-state index contributed by atoms with van der Waals surface area (Å²) in [5, 5.41) is 18.4. The van der Waals surface area contributed by atoms with Crippen LogP contribution in [0.3, 0.4) is 0 Å². The van der Waals surface area contributed by atoms with Crippen molar-refractivity contribution >= 4 is 58.3 Å². The minimum atomic E-state index is -0.576. The van der Waals surface area contributed by atoms with Crippen LogP contribution in [0.1, 0.15) is 124 Å². The molecule has 5 aromatic carbocycles. The number of fused-ring (bicyclic) bond motifs is 3. The fraction of sp³-hybridized carbons (Fsp3) is 0.418. The van der Waals surface area contributed by atoms with Gasteiger partial charge in [0.05, 0.1) is 37.5 Å². The number of ether oxygens (including phenoxy) is 2. The number of nitrogens with one attached hydrogen (secondary N) is 2. The van der Waals surface area contributed by atoms with Gasteiger partial charge in [-0.3, -0.25) is 29.4 Å². The number of amidine groups is 1. The van der Waals surface area contributed by atoms with Gasteiger partial charge in [-0.25, -0.2) is 4.79 Å². The Labute approximate surface area is 498 Å². The van der Waals surface area contributed by atoms with Gasteiger partial charge in [-0.15, -0.1) is 0 Å². The summed E-state index contributed by atoms with van der Waals surface area (Å²) in [4.78, 5) is 60.0. The van der Waals surface area contributed by atoms with Crippen molar-refractivity contribution in [3.63, 3.8) is 0 Å². The van der Waals surface area contributed by atoms with E-state index in [0.717, 1.165) is 105 Å². The third-order valence-corrected chi connectivity index (χ3v) is 18.2. The van der Waals surface area contributed by atoms with Crippen molar-refractivity contribution in [2.24, 2.45) is 22.7 Å². The SMILES string of the molecule is COc1ccc(C2=N[C@H](c3ccc(Cl)cc3)[C@H](c3ccc(Cl)cc3)N2C(=O)N2CCN(CCCC3CCC(CCCC(=O)Nc4cccc(-c5ccc6c(c5)[C@H]5[C@H](CCN5Cc5ccncc5)[C@@H](CO)N6)c4)CC3)C(=O)C2)c(OC(C)C)c1. The van der Waals surface area contributed by atoms with Crippen molar-refractivity contribution in [2.75, 3.05) is 57.1 Å². The third kappa shape index (κ3) is 13.4. The maximum absolute atomic E-state index is 15.2. The van der Waals surface area contributed by atoms with Crippen LogP contribution in [0, 0.1) is 17.8 Å². The van der Waals surface area contributed by atoms with Crippen LogP contribution in [-0.4, -0.2) is 112 Å². The van der Waals surface area contributed by atoms with E-state index in [1.807, 2.05) is 110 Å². The van der Waals surface area contributed by atoms with Crippen LogP contribution < -0.4 is 20.1 Å². The van der Waals surface area contributed by atoms with Gasteiger partial charge in [0, 0.05) is 84.4 Å². The summed E-state index contributed by atoms with van der Waals surface area (Å²) in [7, 11) is 1.60. The summed E-state index contributed by atoms with van der Waals surface area (Å²) < 4.78 is 12.0. The first-order valence-corrected chi connectivity index (χ1v) is 30.5. The van der Waals surface area contributed by atoms with E-state index in [1.54, 1.807) is 16.9 Å². The summed E-state index contributed by atoms with van der Waals surface area (Å²) in [6.45, 7) is 7.25. The number of rotatable bonds is 19. The number of pyridine rings is 1. The van der Waals surface area contributed by atoms with E-state index in [0.29, 0.717) is 76.8 Å². The average Bonchev–Trinajstić information content (AvgIpc) is 3.75. The topological polar surface area (TPSA) is 152 Å². The summed E-state index contributed by atoms with van der Waals surface area (Å²) in [5.74, 6) is 3.09. The number of hydrogen-bond acceptors (Lipinski definition) is 10. The molecule has 83 heavy (non-hydrogen) atoms. The number of carbonyl (C=O) groups is 3. The van der Waals surface area contributed by atoms with Gasteiger partial charge < -0.3 is 35.0 Å². The Bertz CT molecular complexity index is 3270. The molecule has 0 spiro atoms. The molecule has 5 aliphatic rings. The van der Waals surface area contributed by atoms with Crippen LogP contribution >= 0.6 is 23.2 Å². The van der Waals surface area contributed by atoms with Crippen molar-refractivity contribution in [2.45, 2.75) is 115 Å². The normalized spacial score (nSPS) is 22.4. The maximum Gasteiger partial charge on any atom is 0.326 e. The van der Waals surface area contributed by atoms with Gasteiger partial charge in [0.1, 0.15) is 29.9 Å². The highest BCUT2D eigenvalue weighted by Crippen LogP contribution is 2.49. The number of carbonyl (C=O) groups excluding carboxylic acids is 3. The highest BCUT2D eigenvalue weighted by Gasteiger charge is 2.47. The van der Waals surface area contributed by atoms with Crippen molar-refractivity contribution in [1.29, 1.82) is 0 Å². The summed E-state index contributed by atoms with van der Waals surface area (Å²) >= 11 is 12.8. The lowest BCUT2D eigenvalue weighted by Crippen LogP contribution is -2.56. The van der Waals surface area contributed by atoms with Crippen molar-refractivity contribution in [1.82, 2.24) is 24.6 Å². The Hall–Kier alpha value is -6.97. The largest absolute Gasteiger partial charge is 0.497 e. The predicted octanol–water partition coefficient (Wildman–Crippen LogP) is 13.4. The number of hydrogen-bond donors (Lipinski definition) is 3. The first-order chi connectivity index (χ1) is 40.4. The Morgan fingerprint density at radius 1 is 0.783 bits per heavy atom. The van der Waals surface area contributed by atoms with Crippen LogP contribution in [0.4, 0.5) is 16.2 Å². The molecule has 1 aromatic heterocycles. The monoisotopic (exact) mass is 1160 g/mol. The molecular weight excluding hydrogens is 1080 g/mol. The second-order valence-corrected chi connectivity index (χ2v) is 24.3. The second-order valence-electron chi connectivity index (χ2n) is 23.4. The van der Waals surface area contributed by atoms with E-state index < -0.39 is 12.1 Å². The number of likely N-dealkylation sites (tertiary alicyclic amines) is 1. The molecule has 4 amide bonds. The molecule has 1 aliphatic carbocycles. The number of methoxy groups -OCH3 is 1. The number of aliphatic imine (C=N–C) groups is 1. The highest BCUT2D eigenvalue weighted by atomic mass is 35.5. The van der Waals surface area contributed by atoms with Crippen LogP contribution in [0.25, 0.3) is 11.1 Å². The quantitative estimate of drug-likeness (QED) is 0.0720. The summed E-state index contributed by atoms with van der Waals surface area (Å²) in [6.07, 6.45) is 13.5. The third-order valence-electron chi connectivity index (χ3n) is 17.7. The number of halogens is 2. The number of piperazine rings is 1. The van der Waals surface area contributed by atoms with Gasteiger partial charge >= 0.3 is 6.03 Å². The Balaban J connectivity index is 0.654. The Morgan fingerprint density at radius 3 is 2.19 bits per heavy atom. The molecule has 2 saturated heterocycles. The number of urea groups is 1. The minimum Gasteiger partial charge on any atom is -0.497 e. The van der Waals surface area contributed by atoms with Gasteiger partial charge in [0.15, 0.2) is 0 Å². The van der Waals surface area contributed by atoms with E-state index in [1.165, 1.54) is 11.1 Å². The molecule has 5 atom stereocenters. The molecular formula is C67H76Cl2N8O6. The lowest BCUT2D eigenvalue weighted by Gasteiger charge is -2.39. The van der Waals surface area contributed by atoms with E-state index >= 15 is 4.79 Å². The molecule has 6 aromatic rings. The van der Waals surface area contributed by atoms with Crippen molar-refractivity contribution in [3.05, 3.63) is 172 Å². The van der Waals surface area contributed by atoms with Gasteiger partial charge in [-0.2, -0.15) is 0 Å². The number of benzene rings is 5. The summed E-state index contributed by atoms with van der Waals surface area (Å²) in [6, 6.07) is 38.3. The molecule has 5 heterocycles. The number of aliphatic hydroxyl groups is 1. The molecule has 0 unspecified atom stereocenters. The lowest BCUT2D eigenvalue weighted by molar-refractivity contribution is -0.135. The molecule has 0 radical (unpaired) electrons. The van der Waals surface area contributed by atoms with Crippen molar-refractivity contribution < 1.29 is 29.0 Å². The van der Waals surface area contributed by atoms with Crippen LogP contribution in [-0.2, 0) is 16.1 Å². The van der Waals surface area contributed by atoms with Crippen LogP contribution in [0.5, 0.6) is 11.5 Å². The molecule has 3 N–H and O–H groups in total. The zero-order valence-electron chi connectivity index (χ0n) is 47.8. The fourth-order valence-corrected chi connectivity index (χ4v) is 13.7. The summed E-state index contributed by atoms with van der Waals surface area (Å²) in [5.41, 5.74) is 8.86. The first kappa shape index (κ1) is 57.8. The number of aliphatic hydroxyl groups excluding tert-OH is 1. The van der Waals surface area contributed by atoms with E-state index in [9.17, 15) is 14.7 Å². The second kappa shape index (κ2) is 26.3. The van der Waals surface area contributed by atoms with E-state index in [4.69, 9.17) is 37.7 Å². The zero-order chi connectivity index (χ0) is 57.6. The fourth-order valence-electron chi connectivity index (χ4n) is 13.4. The lowest BCUT2D eigenvalue weighted by atomic mass is 9.78. The molecule has 4 aliphatic heterocycles. The number of anilines is 2. The molecule has 1 saturated carbocycles. The van der Waals surface area contributed by atoms with E-state index in [2.05, 4.69) is 63.0 Å².